The second-order valence-electron chi connectivity index (χ2n) is 1.89. The van der Waals surface area contributed by atoms with E-state index in [9.17, 15) is 10.1 Å². The third kappa shape index (κ3) is 2.95. The number of nitro groups is 1. The van der Waals surface area contributed by atoms with Crippen molar-refractivity contribution in [2.45, 2.75) is 4.90 Å². The van der Waals surface area contributed by atoms with Crippen LogP contribution in [0.25, 0.3) is 0 Å². The van der Waals surface area contributed by atoms with Crippen molar-refractivity contribution >= 4 is 59.5 Å². The van der Waals surface area contributed by atoms with Crippen molar-refractivity contribution in [1.29, 1.82) is 0 Å². The van der Waals surface area contributed by atoms with Crippen molar-refractivity contribution in [3.8, 4) is 0 Å². The zero-order valence-corrected chi connectivity index (χ0v) is 6.97. The molecule has 0 bridgehead atoms. The molecule has 1 rings (SSSR count). The molecule has 0 aliphatic heterocycles. The van der Waals surface area contributed by atoms with Gasteiger partial charge in [-0.1, -0.05) is 11.6 Å². The molecule has 12 heavy (non-hydrogen) atoms. The quantitative estimate of drug-likeness (QED) is 0.335. The maximum absolute atomic E-state index is 10.3. The van der Waals surface area contributed by atoms with Gasteiger partial charge in [-0.25, -0.2) is 0 Å². The van der Waals surface area contributed by atoms with E-state index >= 15 is 0 Å². The third-order valence-electron chi connectivity index (χ3n) is 1.13. The molecule has 60 valence electrons. The van der Waals surface area contributed by atoms with Gasteiger partial charge in [-0.3, -0.25) is 10.1 Å². The SMILES string of the molecule is O=[N+]([O-])c1cc(Cl)ccc1S.[NaH]. The summed E-state index contributed by atoms with van der Waals surface area (Å²) in [7, 11) is 0. The summed E-state index contributed by atoms with van der Waals surface area (Å²) < 4.78 is 0. The van der Waals surface area contributed by atoms with Crippen LogP contribution in [0.15, 0.2) is 23.1 Å². The molecular formula is C6H5ClNNaO2S. The van der Waals surface area contributed by atoms with Gasteiger partial charge in [-0.2, -0.15) is 0 Å². The minimum absolute atomic E-state index is 0. The van der Waals surface area contributed by atoms with Crippen molar-refractivity contribution in [3.63, 3.8) is 0 Å². The number of hydrogen-bond donors (Lipinski definition) is 1. The van der Waals surface area contributed by atoms with Crippen molar-refractivity contribution in [1.82, 2.24) is 0 Å². The number of thiol groups is 1. The van der Waals surface area contributed by atoms with Gasteiger partial charge >= 0.3 is 29.6 Å². The van der Waals surface area contributed by atoms with Crippen LogP contribution in [0.3, 0.4) is 0 Å². The fourth-order valence-electron chi connectivity index (χ4n) is 0.643. The summed E-state index contributed by atoms with van der Waals surface area (Å²) in [6.45, 7) is 0. The molecule has 0 spiro atoms. The van der Waals surface area contributed by atoms with E-state index in [1.54, 1.807) is 6.07 Å². The fraction of sp³-hybridized carbons (Fsp3) is 0. The van der Waals surface area contributed by atoms with Crippen LogP contribution < -0.4 is 0 Å². The molecule has 0 saturated carbocycles. The monoisotopic (exact) mass is 213 g/mol. The van der Waals surface area contributed by atoms with E-state index < -0.39 is 4.92 Å². The number of benzene rings is 1. The Morgan fingerprint density at radius 2 is 2.08 bits per heavy atom. The molecule has 6 heteroatoms. The Bertz CT molecular complexity index is 308. The van der Waals surface area contributed by atoms with Crippen LogP contribution in [0.1, 0.15) is 0 Å². The molecule has 1 aromatic rings. The van der Waals surface area contributed by atoms with Gasteiger partial charge in [-0.05, 0) is 12.1 Å². The molecule has 0 aliphatic rings. The van der Waals surface area contributed by atoms with E-state index in [0.29, 0.717) is 9.92 Å². The summed E-state index contributed by atoms with van der Waals surface area (Å²) in [6.07, 6.45) is 0. The summed E-state index contributed by atoms with van der Waals surface area (Å²) in [6, 6.07) is 4.31. The van der Waals surface area contributed by atoms with E-state index in [2.05, 4.69) is 12.6 Å². The van der Waals surface area contributed by atoms with Crippen LogP contribution in [0.2, 0.25) is 5.02 Å². The molecule has 0 heterocycles. The van der Waals surface area contributed by atoms with E-state index in [4.69, 9.17) is 11.6 Å². The zero-order valence-electron chi connectivity index (χ0n) is 5.32. The fourth-order valence-corrected chi connectivity index (χ4v) is 1.03. The molecule has 0 aliphatic carbocycles. The van der Waals surface area contributed by atoms with Crippen LogP contribution in [0, 0.1) is 10.1 Å². The Balaban J connectivity index is 0.00000121. The normalized spacial score (nSPS) is 8.83. The average molecular weight is 214 g/mol. The number of halogens is 1. The van der Waals surface area contributed by atoms with E-state index in [1.165, 1.54) is 12.1 Å². The van der Waals surface area contributed by atoms with Gasteiger partial charge in [0.25, 0.3) is 5.69 Å². The second-order valence-corrected chi connectivity index (χ2v) is 2.81. The predicted molar refractivity (Wildman–Crippen MR) is 52.5 cm³/mol. The summed E-state index contributed by atoms with van der Waals surface area (Å²) in [5, 5.41) is 10.6. The predicted octanol–water partition coefficient (Wildman–Crippen LogP) is 1.89. The van der Waals surface area contributed by atoms with E-state index in [-0.39, 0.29) is 35.2 Å². The number of nitro benzene ring substituents is 1. The van der Waals surface area contributed by atoms with Gasteiger partial charge in [0.05, 0.1) is 9.82 Å². The van der Waals surface area contributed by atoms with Crippen LogP contribution in [-0.4, -0.2) is 34.5 Å². The molecule has 1 aromatic carbocycles. The number of hydrogen-bond acceptors (Lipinski definition) is 3. The topological polar surface area (TPSA) is 43.1 Å². The first-order chi connectivity index (χ1) is 5.11. The van der Waals surface area contributed by atoms with Crippen LogP contribution in [0.4, 0.5) is 5.69 Å². The number of nitrogens with zero attached hydrogens (tertiary/aromatic N) is 1. The van der Waals surface area contributed by atoms with Gasteiger partial charge in [0.2, 0.25) is 0 Å². The van der Waals surface area contributed by atoms with Crippen molar-refractivity contribution in [3.05, 3.63) is 33.3 Å². The second kappa shape index (κ2) is 5.09. The van der Waals surface area contributed by atoms with Gasteiger partial charge in [0.1, 0.15) is 0 Å². The molecule has 0 atom stereocenters. The molecular weight excluding hydrogens is 209 g/mol. The zero-order chi connectivity index (χ0) is 8.43. The Kier molecular flexibility index (Phi) is 5.20. The summed E-state index contributed by atoms with van der Waals surface area (Å²) in [5.74, 6) is 0. The summed E-state index contributed by atoms with van der Waals surface area (Å²) in [4.78, 5) is 10.1. The van der Waals surface area contributed by atoms with Crippen LogP contribution in [0.5, 0.6) is 0 Å². The first-order valence-electron chi connectivity index (χ1n) is 2.74. The summed E-state index contributed by atoms with van der Waals surface area (Å²) in [5.41, 5.74) is -0.0687. The Hall–Kier alpha value is 0.260. The first kappa shape index (κ1) is 12.3. The maximum atomic E-state index is 10.3. The Morgan fingerprint density at radius 1 is 1.50 bits per heavy atom. The van der Waals surface area contributed by atoms with Gasteiger partial charge in [-0.15, -0.1) is 12.6 Å². The van der Waals surface area contributed by atoms with E-state index in [0.717, 1.165) is 0 Å². The third-order valence-corrected chi connectivity index (χ3v) is 1.75. The summed E-state index contributed by atoms with van der Waals surface area (Å²) >= 11 is 9.41. The molecule has 0 amide bonds. The van der Waals surface area contributed by atoms with Crippen molar-refractivity contribution < 1.29 is 4.92 Å². The molecule has 0 saturated heterocycles. The number of rotatable bonds is 1. The van der Waals surface area contributed by atoms with E-state index in [1.807, 2.05) is 0 Å². The molecule has 3 nitrogen and oxygen atoms in total. The van der Waals surface area contributed by atoms with Gasteiger partial charge < -0.3 is 0 Å². The molecule has 0 aromatic heterocycles. The van der Waals surface area contributed by atoms with Gasteiger partial charge in [0, 0.05) is 11.1 Å². The minimum atomic E-state index is -0.520. The molecule has 0 radical (unpaired) electrons. The van der Waals surface area contributed by atoms with Crippen molar-refractivity contribution in [2.24, 2.45) is 0 Å². The van der Waals surface area contributed by atoms with Crippen molar-refractivity contribution in [2.75, 3.05) is 0 Å². The molecule has 0 fully saturated rings. The van der Waals surface area contributed by atoms with Crippen LogP contribution in [-0.2, 0) is 0 Å². The average Bonchev–Trinajstić information content (AvgIpc) is 1.94. The van der Waals surface area contributed by atoms with Crippen LogP contribution >= 0.6 is 24.2 Å². The Labute approximate surface area is 102 Å². The van der Waals surface area contributed by atoms with Gasteiger partial charge in [0.15, 0.2) is 0 Å². The Morgan fingerprint density at radius 3 is 2.50 bits per heavy atom. The molecule has 0 unspecified atom stereocenters. The first-order valence-corrected chi connectivity index (χ1v) is 3.56. The standard InChI is InChI=1S/C6H4ClNO2S.Na.H/c7-4-1-2-6(11)5(3-4)8(9)10;;/h1-3,11H;;. The molecule has 0 N–H and O–H groups in total.